The van der Waals surface area contributed by atoms with Crippen LogP contribution in [-0.4, -0.2) is 58.7 Å². The van der Waals surface area contributed by atoms with Crippen LogP contribution in [0.15, 0.2) is 34.2 Å². The molecule has 0 unspecified atom stereocenters. The minimum Gasteiger partial charge on any atom is -0.462 e. The Balaban J connectivity index is 1.91. The largest absolute Gasteiger partial charge is 0.462 e. The maximum atomic E-state index is 13.8. The third-order valence-corrected chi connectivity index (χ3v) is 6.18. The van der Waals surface area contributed by atoms with E-state index in [2.05, 4.69) is 30.8 Å². The summed E-state index contributed by atoms with van der Waals surface area (Å²) in [5.74, 6) is -0.490. The van der Waals surface area contributed by atoms with Crippen LogP contribution in [0.4, 0.5) is 4.39 Å². The van der Waals surface area contributed by atoms with Gasteiger partial charge in [-0.3, -0.25) is 4.90 Å². The number of nitrogens with zero attached hydrogens (tertiary/aromatic N) is 4. The molecule has 1 aliphatic heterocycles. The Morgan fingerprint density at radius 2 is 2.13 bits per heavy atom. The molecule has 3 heterocycles. The van der Waals surface area contributed by atoms with E-state index < -0.39 is 11.8 Å². The molecular formula is C21H20BrFN4O3S. The minimum atomic E-state index is -0.511. The smallest absolute Gasteiger partial charge is 0.342 e. The van der Waals surface area contributed by atoms with Gasteiger partial charge in [-0.15, -0.1) is 11.3 Å². The molecule has 1 aromatic carbocycles. The van der Waals surface area contributed by atoms with Crippen molar-refractivity contribution in [2.75, 3.05) is 32.9 Å². The summed E-state index contributed by atoms with van der Waals surface area (Å²) in [6, 6.07) is 4.27. The predicted octanol–water partition coefficient (Wildman–Crippen LogP) is 4.18. The third kappa shape index (κ3) is 4.98. The summed E-state index contributed by atoms with van der Waals surface area (Å²) < 4.78 is 25.0. The molecular weight excluding hydrogens is 487 g/mol. The highest BCUT2D eigenvalue weighted by atomic mass is 79.9. The summed E-state index contributed by atoms with van der Waals surface area (Å²) in [4.78, 5) is 28.9. The molecule has 0 amide bonds. The molecule has 2 aromatic heterocycles. The van der Waals surface area contributed by atoms with Gasteiger partial charge in [0.1, 0.15) is 11.4 Å². The molecule has 1 aliphatic rings. The van der Waals surface area contributed by atoms with Gasteiger partial charge in [0.05, 0.1) is 31.2 Å². The van der Waals surface area contributed by atoms with Crippen molar-refractivity contribution >= 4 is 33.2 Å². The molecule has 162 valence electrons. The quantitative estimate of drug-likeness (QED) is 0.464. The number of benzene rings is 1. The molecule has 4 rings (SSSR count). The van der Waals surface area contributed by atoms with E-state index in [1.807, 2.05) is 5.38 Å². The normalized spacial score (nSPS) is 14.5. The topological polar surface area (TPSA) is 77.4 Å². The summed E-state index contributed by atoms with van der Waals surface area (Å²) in [5.41, 5.74) is 1.79. The summed E-state index contributed by atoms with van der Waals surface area (Å²) in [7, 11) is 0. The van der Waals surface area contributed by atoms with E-state index in [9.17, 15) is 9.18 Å². The molecule has 10 heteroatoms. The SMILES string of the molecule is CCOC(=O)c1c(CN2CCOCC2)nc(-c2nccs2)nc1-c1ccc(F)cc1Br. The van der Waals surface area contributed by atoms with Gasteiger partial charge in [-0.05, 0) is 41.1 Å². The first-order valence-corrected chi connectivity index (χ1v) is 11.5. The standard InChI is InChI=1S/C21H20BrFN4O3S/c1-2-30-21(28)17-16(12-27-6-8-29-9-7-27)25-19(20-24-5-10-31-20)26-18(17)14-4-3-13(23)11-15(14)22/h3-5,10-11H,2,6-9,12H2,1H3. The lowest BCUT2D eigenvalue weighted by atomic mass is 10.0. The zero-order valence-electron chi connectivity index (χ0n) is 16.8. The fraction of sp³-hybridized carbons (Fsp3) is 0.333. The van der Waals surface area contributed by atoms with Crippen LogP contribution in [0.2, 0.25) is 0 Å². The fourth-order valence-corrected chi connectivity index (χ4v) is 4.42. The van der Waals surface area contributed by atoms with Gasteiger partial charge < -0.3 is 9.47 Å². The Hall–Kier alpha value is -2.27. The Kier molecular flexibility index (Phi) is 7.01. The molecule has 0 aliphatic carbocycles. The van der Waals surface area contributed by atoms with E-state index in [0.29, 0.717) is 52.0 Å². The maximum absolute atomic E-state index is 13.8. The second-order valence-corrected chi connectivity index (χ2v) is 8.54. The first kappa shape index (κ1) is 21.9. The lowest BCUT2D eigenvalue weighted by Gasteiger charge is -2.27. The van der Waals surface area contributed by atoms with E-state index in [1.54, 1.807) is 19.2 Å². The van der Waals surface area contributed by atoms with E-state index in [-0.39, 0.29) is 12.2 Å². The van der Waals surface area contributed by atoms with Crippen molar-refractivity contribution in [2.45, 2.75) is 13.5 Å². The third-order valence-electron chi connectivity index (χ3n) is 4.75. The monoisotopic (exact) mass is 506 g/mol. The van der Waals surface area contributed by atoms with Crippen LogP contribution >= 0.6 is 27.3 Å². The Bertz CT molecular complexity index is 1070. The molecule has 0 N–H and O–H groups in total. The van der Waals surface area contributed by atoms with Crippen LogP contribution in [0.5, 0.6) is 0 Å². The second-order valence-electron chi connectivity index (χ2n) is 6.79. The number of hydrogen-bond donors (Lipinski definition) is 0. The van der Waals surface area contributed by atoms with Crippen molar-refractivity contribution in [1.29, 1.82) is 0 Å². The molecule has 31 heavy (non-hydrogen) atoms. The summed E-state index contributed by atoms with van der Waals surface area (Å²) in [6.07, 6.45) is 1.68. The number of thiazole rings is 1. The summed E-state index contributed by atoms with van der Waals surface area (Å²) in [5, 5.41) is 2.48. The molecule has 1 saturated heterocycles. The number of hydrogen-bond acceptors (Lipinski definition) is 8. The number of halogens is 2. The fourth-order valence-electron chi connectivity index (χ4n) is 3.32. The van der Waals surface area contributed by atoms with Crippen molar-refractivity contribution in [3.05, 3.63) is 51.3 Å². The predicted molar refractivity (Wildman–Crippen MR) is 118 cm³/mol. The van der Waals surface area contributed by atoms with Crippen molar-refractivity contribution in [3.8, 4) is 22.1 Å². The van der Waals surface area contributed by atoms with Crippen LogP contribution in [0.1, 0.15) is 23.0 Å². The molecule has 0 atom stereocenters. The van der Waals surface area contributed by atoms with Crippen LogP contribution < -0.4 is 0 Å². The highest BCUT2D eigenvalue weighted by Crippen LogP contribution is 2.34. The number of aromatic nitrogens is 3. The molecule has 3 aromatic rings. The lowest BCUT2D eigenvalue weighted by Crippen LogP contribution is -2.36. The van der Waals surface area contributed by atoms with Gasteiger partial charge in [-0.2, -0.15) is 0 Å². The van der Waals surface area contributed by atoms with Crippen molar-refractivity contribution in [2.24, 2.45) is 0 Å². The average Bonchev–Trinajstić information content (AvgIpc) is 3.29. The number of carbonyl (C=O) groups is 1. The van der Waals surface area contributed by atoms with Crippen LogP contribution in [-0.2, 0) is 16.0 Å². The van der Waals surface area contributed by atoms with Gasteiger partial charge >= 0.3 is 5.97 Å². The van der Waals surface area contributed by atoms with E-state index in [1.165, 1.54) is 23.5 Å². The molecule has 0 radical (unpaired) electrons. The van der Waals surface area contributed by atoms with E-state index in [0.717, 1.165) is 13.1 Å². The highest BCUT2D eigenvalue weighted by Gasteiger charge is 2.27. The Morgan fingerprint density at radius 1 is 1.32 bits per heavy atom. The number of rotatable bonds is 6. The average molecular weight is 507 g/mol. The molecule has 0 bridgehead atoms. The molecule has 0 saturated carbocycles. The first-order valence-electron chi connectivity index (χ1n) is 9.80. The van der Waals surface area contributed by atoms with Gasteiger partial charge in [0.2, 0.25) is 0 Å². The molecule has 7 nitrogen and oxygen atoms in total. The van der Waals surface area contributed by atoms with Crippen LogP contribution in [0.3, 0.4) is 0 Å². The van der Waals surface area contributed by atoms with Gasteiger partial charge in [0, 0.05) is 41.2 Å². The molecule has 0 spiro atoms. The van der Waals surface area contributed by atoms with Gasteiger partial charge in [-0.1, -0.05) is 0 Å². The van der Waals surface area contributed by atoms with E-state index in [4.69, 9.17) is 14.5 Å². The zero-order chi connectivity index (χ0) is 21.8. The number of ether oxygens (including phenoxy) is 2. The van der Waals surface area contributed by atoms with Gasteiger partial charge in [0.25, 0.3) is 0 Å². The lowest BCUT2D eigenvalue weighted by molar-refractivity contribution is 0.0331. The second kappa shape index (κ2) is 9.90. The maximum Gasteiger partial charge on any atom is 0.342 e. The number of esters is 1. The minimum absolute atomic E-state index is 0.216. The number of carbonyl (C=O) groups excluding carboxylic acids is 1. The van der Waals surface area contributed by atoms with Crippen LogP contribution in [0.25, 0.3) is 22.1 Å². The zero-order valence-corrected chi connectivity index (χ0v) is 19.2. The van der Waals surface area contributed by atoms with Gasteiger partial charge in [-0.25, -0.2) is 24.1 Å². The summed E-state index contributed by atoms with van der Waals surface area (Å²) >= 11 is 4.82. The van der Waals surface area contributed by atoms with E-state index >= 15 is 0 Å². The molecule has 1 fully saturated rings. The van der Waals surface area contributed by atoms with Crippen molar-refractivity contribution in [3.63, 3.8) is 0 Å². The summed E-state index contributed by atoms with van der Waals surface area (Å²) in [6.45, 7) is 5.10. The Labute approximate surface area is 191 Å². The number of morpholine rings is 1. The van der Waals surface area contributed by atoms with Crippen molar-refractivity contribution in [1.82, 2.24) is 19.9 Å². The van der Waals surface area contributed by atoms with Crippen molar-refractivity contribution < 1.29 is 18.7 Å². The van der Waals surface area contributed by atoms with Crippen LogP contribution in [0, 0.1) is 5.82 Å². The Morgan fingerprint density at radius 3 is 2.81 bits per heavy atom. The highest BCUT2D eigenvalue weighted by molar-refractivity contribution is 9.10. The van der Waals surface area contributed by atoms with Gasteiger partial charge in [0.15, 0.2) is 10.8 Å². The first-order chi connectivity index (χ1) is 15.1.